The van der Waals surface area contributed by atoms with Gasteiger partial charge < -0.3 is 5.11 Å². The maximum Gasteiger partial charge on any atom is 0.265 e. The zero-order chi connectivity index (χ0) is 12.3. The Bertz CT molecular complexity index is 444. The predicted molar refractivity (Wildman–Crippen MR) is 56.3 cm³/mol. The minimum absolute atomic E-state index is 0.0477. The standard InChI is InChI=1S/C8H11F2NO3S2/c1-5-2-3-7(15-5)16(13,14)11-4-6(12)8(9)10/h2-3,6,8,11-12H,4H2,1H3. The van der Waals surface area contributed by atoms with Crippen LogP contribution in [0.1, 0.15) is 4.88 Å². The molecule has 8 heteroatoms. The summed E-state index contributed by atoms with van der Waals surface area (Å²) in [6, 6.07) is 3.00. The van der Waals surface area contributed by atoms with E-state index in [2.05, 4.69) is 0 Å². The van der Waals surface area contributed by atoms with Crippen LogP contribution >= 0.6 is 11.3 Å². The number of nitrogens with one attached hydrogen (secondary N) is 1. The Morgan fingerprint density at radius 1 is 1.50 bits per heavy atom. The van der Waals surface area contributed by atoms with E-state index in [4.69, 9.17) is 5.11 Å². The Hall–Kier alpha value is -0.570. The molecule has 1 atom stereocenters. The van der Waals surface area contributed by atoms with Crippen LogP contribution in [0.15, 0.2) is 16.3 Å². The lowest BCUT2D eigenvalue weighted by atomic mass is 10.4. The van der Waals surface area contributed by atoms with Gasteiger partial charge in [0.25, 0.3) is 6.43 Å². The Morgan fingerprint density at radius 2 is 2.12 bits per heavy atom. The van der Waals surface area contributed by atoms with Gasteiger partial charge in [-0.25, -0.2) is 21.9 Å². The molecular weight excluding hydrogens is 260 g/mol. The second kappa shape index (κ2) is 5.17. The van der Waals surface area contributed by atoms with Crippen LogP contribution in [0.25, 0.3) is 0 Å². The number of sulfonamides is 1. The second-order valence-corrected chi connectivity index (χ2v) is 6.40. The average molecular weight is 271 g/mol. The van der Waals surface area contributed by atoms with Crippen LogP contribution in [0.3, 0.4) is 0 Å². The SMILES string of the molecule is Cc1ccc(S(=O)(=O)NCC(O)C(F)F)s1. The molecule has 0 radical (unpaired) electrons. The minimum Gasteiger partial charge on any atom is -0.386 e. The van der Waals surface area contributed by atoms with Gasteiger partial charge in [0.05, 0.1) is 0 Å². The van der Waals surface area contributed by atoms with Crippen molar-refractivity contribution < 1.29 is 22.3 Å². The van der Waals surface area contributed by atoms with Crippen LogP contribution in [0.4, 0.5) is 8.78 Å². The minimum atomic E-state index is -3.79. The van der Waals surface area contributed by atoms with E-state index in [1.165, 1.54) is 6.07 Å². The first-order valence-electron chi connectivity index (χ1n) is 4.35. The number of aliphatic hydroxyl groups is 1. The van der Waals surface area contributed by atoms with Gasteiger partial charge in [-0.1, -0.05) is 0 Å². The summed E-state index contributed by atoms with van der Waals surface area (Å²) in [6.07, 6.45) is -4.95. The van der Waals surface area contributed by atoms with Gasteiger partial charge in [-0.2, -0.15) is 0 Å². The smallest absolute Gasteiger partial charge is 0.265 e. The van der Waals surface area contributed by atoms with Gasteiger partial charge in [-0.3, -0.25) is 0 Å². The molecule has 0 spiro atoms. The van der Waals surface area contributed by atoms with Crippen LogP contribution in [0.2, 0.25) is 0 Å². The first kappa shape index (κ1) is 13.5. The lowest BCUT2D eigenvalue weighted by Crippen LogP contribution is -2.35. The second-order valence-electron chi connectivity index (χ2n) is 3.12. The highest BCUT2D eigenvalue weighted by Crippen LogP contribution is 2.20. The van der Waals surface area contributed by atoms with Crippen molar-refractivity contribution in [2.75, 3.05) is 6.54 Å². The molecule has 16 heavy (non-hydrogen) atoms. The molecule has 0 aliphatic heterocycles. The van der Waals surface area contributed by atoms with Gasteiger partial charge in [0.1, 0.15) is 10.3 Å². The summed E-state index contributed by atoms with van der Waals surface area (Å²) < 4.78 is 48.9. The third kappa shape index (κ3) is 3.48. The van der Waals surface area contributed by atoms with E-state index in [0.29, 0.717) is 0 Å². The van der Waals surface area contributed by atoms with Crippen molar-refractivity contribution in [3.8, 4) is 0 Å². The monoisotopic (exact) mass is 271 g/mol. The molecular formula is C8H11F2NO3S2. The number of aliphatic hydroxyl groups excluding tert-OH is 1. The van der Waals surface area contributed by atoms with Gasteiger partial charge in [0.15, 0.2) is 0 Å². The maximum atomic E-state index is 11.9. The molecule has 1 aromatic rings. The number of thiophene rings is 1. The largest absolute Gasteiger partial charge is 0.386 e. The molecule has 0 aliphatic carbocycles. The third-order valence-electron chi connectivity index (χ3n) is 1.75. The molecule has 1 heterocycles. The van der Waals surface area contributed by atoms with Gasteiger partial charge in [0, 0.05) is 11.4 Å². The molecule has 0 aliphatic rings. The van der Waals surface area contributed by atoms with E-state index in [-0.39, 0.29) is 4.21 Å². The normalized spacial score (nSPS) is 14.3. The van der Waals surface area contributed by atoms with Crippen LogP contribution in [0.5, 0.6) is 0 Å². The van der Waals surface area contributed by atoms with E-state index in [1.54, 1.807) is 13.0 Å². The third-order valence-corrected chi connectivity index (χ3v) is 4.67. The molecule has 4 nitrogen and oxygen atoms in total. The fourth-order valence-electron chi connectivity index (χ4n) is 0.912. The molecule has 0 aromatic carbocycles. The summed E-state index contributed by atoms with van der Waals surface area (Å²) in [6.45, 7) is 1.04. The Kier molecular flexibility index (Phi) is 4.36. The Morgan fingerprint density at radius 3 is 2.56 bits per heavy atom. The zero-order valence-corrected chi connectivity index (χ0v) is 9.99. The number of alkyl halides is 2. The summed E-state index contributed by atoms with van der Waals surface area (Å²) >= 11 is 1.04. The van der Waals surface area contributed by atoms with Crippen LogP contribution in [0, 0.1) is 6.92 Å². The topological polar surface area (TPSA) is 66.4 Å². The Balaban J connectivity index is 2.67. The molecule has 1 rings (SSSR count). The van der Waals surface area contributed by atoms with Crippen molar-refractivity contribution in [2.45, 2.75) is 23.7 Å². The summed E-state index contributed by atoms with van der Waals surface area (Å²) in [5.41, 5.74) is 0. The van der Waals surface area contributed by atoms with E-state index in [1.807, 2.05) is 4.72 Å². The van der Waals surface area contributed by atoms with Crippen molar-refractivity contribution in [3.63, 3.8) is 0 Å². The van der Waals surface area contributed by atoms with Crippen LogP contribution in [-0.4, -0.2) is 32.6 Å². The molecule has 2 N–H and O–H groups in total. The highest BCUT2D eigenvalue weighted by atomic mass is 32.2. The fourth-order valence-corrected chi connectivity index (χ4v) is 3.29. The van der Waals surface area contributed by atoms with E-state index < -0.39 is 29.1 Å². The van der Waals surface area contributed by atoms with Crippen LogP contribution in [-0.2, 0) is 10.0 Å². The molecule has 0 saturated carbocycles. The van der Waals surface area contributed by atoms with Crippen molar-refractivity contribution in [3.05, 3.63) is 17.0 Å². The predicted octanol–water partition coefficient (Wildman–Crippen LogP) is 0.961. The van der Waals surface area contributed by atoms with Crippen molar-refractivity contribution >= 4 is 21.4 Å². The van der Waals surface area contributed by atoms with E-state index >= 15 is 0 Å². The fraction of sp³-hybridized carbons (Fsp3) is 0.500. The van der Waals surface area contributed by atoms with Crippen molar-refractivity contribution in [2.24, 2.45) is 0 Å². The maximum absolute atomic E-state index is 11.9. The van der Waals surface area contributed by atoms with Crippen LogP contribution < -0.4 is 4.72 Å². The highest BCUT2D eigenvalue weighted by Gasteiger charge is 2.21. The van der Waals surface area contributed by atoms with Gasteiger partial charge in [0.2, 0.25) is 10.0 Å². The highest BCUT2D eigenvalue weighted by molar-refractivity contribution is 7.91. The Labute approximate surface area is 96.0 Å². The van der Waals surface area contributed by atoms with Crippen molar-refractivity contribution in [1.82, 2.24) is 4.72 Å². The van der Waals surface area contributed by atoms with E-state index in [0.717, 1.165) is 16.2 Å². The first-order valence-corrected chi connectivity index (χ1v) is 6.65. The van der Waals surface area contributed by atoms with Crippen molar-refractivity contribution in [1.29, 1.82) is 0 Å². The number of hydrogen-bond donors (Lipinski definition) is 2. The molecule has 0 amide bonds. The number of halogens is 2. The summed E-state index contributed by atoms with van der Waals surface area (Å²) in [4.78, 5) is 0.801. The van der Waals surface area contributed by atoms with Gasteiger partial charge in [-0.05, 0) is 19.1 Å². The number of rotatable bonds is 5. The summed E-state index contributed by atoms with van der Waals surface area (Å²) in [5.74, 6) is 0. The molecule has 1 aromatic heterocycles. The first-order chi connectivity index (χ1) is 7.33. The average Bonchev–Trinajstić information content (AvgIpc) is 2.61. The quantitative estimate of drug-likeness (QED) is 0.838. The van der Waals surface area contributed by atoms with Gasteiger partial charge >= 0.3 is 0 Å². The number of hydrogen-bond acceptors (Lipinski definition) is 4. The molecule has 0 saturated heterocycles. The van der Waals surface area contributed by atoms with E-state index in [9.17, 15) is 17.2 Å². The lowest BCUT2D eigenvalue weighted by molar-refractivity contribution is -0.000445. The molecule has 0 bridgehead atoms. The molecule has 1 unspecified atom stereocenters. The summed E-state index contributed by atoms with van der Waals surface area (Å²) in [5, 5.41) is 8.77. The molecule has 92 valence electrons. The molecule has 0 fully saturated rings. The number of aryl methyl sites for hydroxylation is 1. The summed E-state index contributed by atoms with van der Waals surface area (Å²) in [7, 11) is -3.79. The zero-order valence-electron chi connectivity index (χ0n) is 8.35. The van der Waals surface area contributed by atoms with Gasteiger partial charge in [-0.15, -0.1) is 11.3 Å². The lowest BCUT2D eigenvalue weighted by Gasteiger charge is -2.09.